The molecule has 0 aromatic carbocycles. The maximum atomic E-state index is 11.4. The fraction of sp³-hybridized carbons (Fsp3) is 0.444. The monoisotopic (exact) mass is 215 g/mol. The second-order valence-electron chi connectivity index (χ2n) is 3.23. The summed E-state index contributed by atoms with van der Waals surface area (Å²) in [5.74, 6) is -0.165. The average molecular weight is 216 g/mol. The van der Waals surface area contributed by atoms with Crippen molar-refractivity contribution in [3.8, 4) is 5.75 Å². The minimum atomic E-state index is -0.334. The Balaban J connectivity index is 2.49. The van der Waals surface area contributed by atoms with Crippen molar-refractivity contribution in [2.75, 3.05) is 6.61 Å². The maximum absolute atomic E-state index is 11.4. The van der Waals surface area contributed by atoms with E-state index in [-0.39, 0.29) is 28.0 Å². The van der Waals surface area contributed by atoms with Gasteiger partial charge in [-0.25, -0.2) is 0 Å². The van der Waals surface area contributed by atoms with Crippen LogP contribution in [0.25, 0.3) is 0 Å². The van der Waals surface area contributed by atoms with Crippen LogP contribution in [0.3, 0.4) is 0 Å². The number of aromatic hydroxyl groups is 1. The predicted molar refractivity (Wildman–Crippen MR) is 51.7 cm³/mol. The summed E-state index contributed by atoms with van der Waals surface area (Å²) < 4.78 is 5.32. The Morgan fingerprint density at radius 1 is 1.64 bits per heavy atom. The Bertz CT molecular complexity index is 396. The van der Waals surface area contributed by atoms with Crippen molar-refractivity contribution < 1.29 is 9.84 Å². The Hall–Kier alpha value is -1.00. The van der Waals surface area contributed by atoms with Crippen LogP contribution in [0.15, 0.2) is 11.0 Å². The first kappa shape index (κ1) is 9.55. The number of pyridine rings is 1. The van der Waals surface area contributed by atoms with Crippen LogP contribution in [0.5, 0.6) is 5.75 Å². The fourth-order valence-corrected chi connectivity index (χ4v) is 1.77. The number of ether oxygens (including phenoxy) is 1. The Morgan fingerprint density at radius 2 is 2.43 bits per heavy atom. The molecule has 2 rings (SSSR count). The summed E-state index contributed by atoms with van der Waals surface area (Å²) >= 11 is 5.69. The van der Waals surface area contributed by atoms with E-state index in [2.05, 4.69) is 4.98 Å². The van der Waals surface area contributed by atoms with E-state index in [9.17, 15) is 9.90 Å². The van der Waals surface area contributed by atoms with E-state index < -0.39 is 0 Å². The molecule has 1 fully saturated rings. The second-order valence-corrected chi connectivity index (χ2v) is 3.64. The third kappa shape index (κ3) is 1.51. The summed E-state index contributed by atoms with van der Waals surface area (Å²) in [6.45, 7) is 0.621. The van der Waals surface area contributed by atoms with Gasteiger partial charge in [0.15, 0.2) is 0 Å². The van der Waals surface area contributed by atoms with E-state index in [0.717, 1.165) is 12.8 Å². The highest BCUT2D eigenvalue weighted by Gasteiger charge is 2.25. The summed E-state index contributed by atoms with van der Waals surface area (Å²) in [6, 6.07) is 0. The Kier molecular flexibility index (Phi) is 2.48. The van der Waals surface area contributed by atoms with Gasteiger partial charge in [-0.3, -0.25) is 4.79 Å². The van der Waals surface area contributed by atoms with Crippen molar-refractivity contribution >= 4 is 11.6 Å². The molecular weight excluding hydrogens is 206 g/mol. The van der Waals surface area contributed by atoms with Gasteiger partial charge in [-0.1, -0.05) is 11.6 Å². The van der Waals surface area contributed by atoms with Crippen LogP contribution >= 0.6 is 11.6 Å². The highest BCUT2D eigenvalue weighted by molar-refractivity contribution is 6.31. The third-order valence-electron chi connectivity index (χ3n) is 2.31. The van der Waals surface area contributed by atoms with Crippen molar-refractivity contribution in [3.63, 3.8) is 0 Å². The quantitative estimate of drug-likeness (QED) is 0.748. The first-order valence-electron chi connectivity index (χ1n) is 4.42. The largest absolute Gasteiger partial charge is 0.506 e. The van der Waals surface area contributed by atoms with E-state index in [1.807, 2.05) is 0 Å². The Labute approximate surface area is 85.5 Å². The molecular formula is C9H10ClNO3. The van der Waals surface area contributed by atoms with Gasteiger partial charge in [0.2, 0.25) is 0 Å². The molecule has 4 nitrogen and oxygen atoms in total. The summed E-state index contributed by atoms with van der Waals surface area (Å²) in [5.41, 5.74) is -0.0891. The molecule has 0 saturated carbocycles. The molecule has 0 radical (unpaired) electrons. The smallest absolute Gasteiger partial charge is 0.257 e. The van der Waals surface area contributed by atoms with Gasteiger partial charge in [0, 0.05) is 12.8 Å². The van der Waals surface area contributed by atoms with Gasteiger partial charge in [0.1, 0.15) is 5.75 Å². The summed E-state index contributed by atoms with van der Waals surface area (Å²) in [6.07, 6.45) is 2.60. The minimum absolute atomic E-state index is 0.148. The molecule has 1 aromatic rings. The molecule has 2 heterocycles. The van der Waals surface area contributed by atoms with Crippen LogP contribution in [0, 0.1) is 0 Å². The van der Waals surface area contributed by atoms with Gasteiger partial charge in [0.25, 0.3) is 5.56 Å². The molecule has 0 spiro atoms. The predicted octanol–water partition coefficient (Wildman–Crippen LogP) is 1.59. The van der Waals surface area contributed by atoms with E-state index in [4.69, 9.17) is 16.3 Å². The molecule has 0 aliphatic carbocycles. The Morgan fingerprint density at radius 3 is 3.07 bits per heavy atom. The van der Waals surface area contributed by atoms with Crippen LogP contribution in [0.2, 0.25) is 5.02 Å². The maximum Gasteiger partial charge on any atom is 0.257 e. The van der Waals surface area contributed by atoms with Crippen molar-refractivity contribution in [3.05, 3.63) is 27.1 Å². The second kappa shape index (κ2) is 3.63. The molecule has 0 bridgehead atoms. The van der Waals surface area contributed by atoms with Gasteiger partial charge in [-0.05, 0) is 12.8 Å². The fourth-order valence-electron chi connectivity index (χ4n) is 1.62. The van der Waals surface area contributed by atoms with Crippen molar-refractivity contribution in [2.24, 2.45) is 0 Å². The minimum Gasteiger partial charge on any atom is -0.506 e. The number of H-pyrrole nitrogens is 1. The van der Waals surface area contributed by atoms with Gasteiger partial charge < -0.3 is 14.8 Å². The molecule has 1 atom stereocenters. The molecule has 14 heavy (non-hydrogen) atoms. The molecule has 1 aliphatic heterocycles. The van der Waals surface area contributed by atoms with Crippen molar-refractivity contribution in [1.82, 2.24) is 4.98 Å². The average Bonchev–Trinajstić information content (AvgIpc) is 2.65. The first-order chi connectivity index (χ1) is 6.70. The van der Waals surface area contributed by atoms with Gasteiger partial charge in [0.05, 0.1) is 16.7 Å². The number of aromatic nitrogens is 1. The summed E-state index contributed by atoms with van der Waals surface area (Å²) in [4.78, 5) is 13.9. The third-order valence-corrected chi connectivity index (χ3v) is 2.60. The van der Waals surface area contributed by atoms with Gasteiger partial charge in [-0.2, -0.15) is 0 Å². The SMILES string of the molecule is O=c1[nH]cc(Cl)c(O)c1C1CCCO1. The molecule has 76 valence electrons. The van der Waals surface area contributed by atoms with Crippen LogP contribution < -0.4 is 5.56 Å². The highest BCUT2D eigenvalue weighted by atomic mass is 35.5. The van der Waals surface area contributed by atoms with Crippen LogP contribution in [-0.4, -0.2) is 16.7 Å². The lowest BCUT2D eigenvalue weighted by Crippen LogP contribution is -2.15. The zero-order chi connectivity index (χ0) is 10.1. The first-order valence-corrected chi connectivity index (χ1v) is 4.79. The number of nitrogens with one attached hydrogen (secondary N) is 1. The van der Waals surface area contributed by atoms with E-state index in [0.29, 0.717) is 6.61 Å². The molecule has 5 heteroatoms. The normalized spacial score (nSPS) is 21.4. The number of halogens is 1. The van der Waals surface area contributed by atoms with Crippen LogP contribution in [0.1, 0.15) is 24.5 Å². The zero-order valence-corrected chi connectivity index (χ0v) is 8.17. The summed E-state index contributed by atoms with van der Waals surface area (Å²) in [5, 5.41) is 9.76. The summed E-state index contributed by atoms with van der Waals surface area (Å²) in [7, 11) is 0. The van der Waals surface area contributed by atoms with Crippen LogP contribution in [-0.2, 0) is 4.74 Å². The zero-order valence-electron chi connectivity index (χ0n) is 7.42. The lowest BCUT2D eigenvalue weighted by Gasteiger charge is -2.10. The number of hydrogen-bond donors (Lipinski definition) is 2. The van der Waals surface area contributed by atoms with Crippen molar-refractivity contribution in [1.29, 1.82) is 0 Å². The number of aromatic amines is 1. The molecule has 1 unspecified atom stereocenters. The number of hydrogen-bond acceptors (Lipinski definition) is 3. The molecule has 1 aliphatic rings. The van der Waals surface area contributed by atoms with E-state index in [1.165, 1.54) is 6.20 Å². The standard InChI is InChI=1S/C9H10ClNO3/c10-5-4-11-9(13)7(8(5)12)6-2-1-3-14-6/h4,6H,1-3H2,(H2,11,12,13). The van der Waals surface area contributed by atoms with Gasteiger partial charge in [-0.15, -0.1) is 0 Å². The lowest BCUT2D eigenvalue weighted by atomic mass is 10.1. The molecule has 0 amide bonds. The van der Waals surface area contributed by atoms with E-state index >= 15 is 0 Å². The molecule has 1 aromatic heterocycles. The molecule has 1 saturated heterocycles. The van der Waals surface area contributed by atoms with Gasteiger partial charge >= 0.3 is 0 Å². The molecule has 2 N–H and O–H groups in total. The lowest BCUT2D eigenvalue weighted by molar-refractivity contribution is 0.108. The van der Waals surface area contributed by atoms with Crippen molar-refractivity contribution in [2.45, 2.75) is 18.9 Å². The highest BCUT2D eigenvalue weighted by Crippen LogP contribution is 2.34. The van der Waals surface area contributed by atoms with E-state index in [1.54, 1.807) is 0 Å². The number of rotatable bonds is 1. The van der Waals surface area contributed by atoms with Crippen LogP contribution in [0.4, 0.5) is 0 Å². The topological polar surface area (TPSA) is 62.3 Å².